The number of hydrogen-bond acceptors (Lipinski definition) is 3. The monoisotopic (exact) mass is 231 g/mol. The van der Waals surface area contributed by atoms with Crippen LogP contribution < -0.4 is 10.7 Å². The number of aromatic nitrogens is 2. The molecule has 2 rings (SSSR count). The Morgan fingerprint density at radius 1 is 1.69 bits per heavy atom. The molecule has 1 N–H and O–H groups in total. The highest BCUT2D eigenvalue weighted by molar-refractivity contribution is 8.11. The van der Waals surface area contributed by atoms with Gasteiger partial charge in [-0.05, 0) is 18.8 Å². The molecule has 1 heterocycles. The van der Waals surface area contributed by atoms with E-state index < -0.39 is 0 Å². The highest BCUT2D eigenvalue weighted by atomic mass is 32.2. The van der Waals surface area contributed by atoms with Gasteiger partial charge in [0.2, 0.25) is 0 Å². The third-order valence-electron chi connectivity index (χ3n) is 2.19. The predicted octanol–water partition coefficient (Wildman–Crippen LogP) is 1.29. The summed E-state index contributed by atoms with van der Waals surface area (Å²) in [5.41, 5.74) is 2.41. The van der Waals surface area contributed by atoms with Crippen LogP contribution in [0.25, 0.3) is 17.8 Å². The molecule has 0 unspecified atom stereocenters. The van der Waals surface area contributed by atoms with Gasteiger partial charge < -0.3 is 4.98 Å². The zero-order chi connectivity index (χ0) is 11.4. The van der Waals surface area contributed by atoms with Gasteiger partial charge in [0.25, 0.3) is 0 Å². The second kappa shape index (κ2) is 4.99. The first-order valence-corrected chi connectivity index (χ1v) is 6.27. The van der Waals surface area contributed by atoms with E-state index >= 15 is 0 Å². The van der Waals surface area contributed by atoms with Crippen molar-refractivity contribution >= 4 is 35.2 Å². The molecule has 1 aromatic rings. The SMILES string of the molecule is C=C(N=CSC)c1nc2c([nH]1)=CC=CCC=2. The minimum atomic E-state index is 0.660. The Labute approximate surface area is 98.4 Å². The molecule has 82 valence electrons. The van der Waals surface area contributed by atoms with Crippen molar-refractivity contribution in [2.24, 2.45) is 4.99 Å². The first-order valence-electron chi connectivity index (χ1n) is 4.99. The van der Waals surface area contributed by atoms with E-state index in [1.54, 1.807) is 17.3 Å². The van der Waals surface area contributed by atoms with Gasteiger partial charge in [-0.2, -0.15) is 0 Å². The minimum absolute atomic E-state index is 0.660. The number of H-pyrrole nitrogens is 1. The lowest BCUT2D eigenvalue weighted by atomic mass is 10.4. The highest BCUT2D eigenvalue weighted by Gasteiger charge is 2.02. The topological polar surface area (TPSA) is 41.0 Å². The summed E-state index contributed by atoms with van der Waals surface area (Å²) in [6, 6.07) is 0. The average molecular weight is 231 g/mol. The molecule has 0 aliphatic heterocycles. The Morgan fingerprint density at radius 3 is 3.38 bits per heavy atom. The van der Waals surface area contributed by atoms with Crippen LogP contribution in [0.1, 0.15) is 12.2 Å². The molecule has 0 atom stereocenters. The van der Waals surface area contributed by atoms with Crippen molar-refractivity contribution in [1.29, 1.82) is 0 Å². The number of allylic oxidation sites excluding steroid dienone is 2. The predicted molar refractivity (Wildman–Crippen MR) is 71.6 cm³/mol. The molecule has 4 heteroatoms. The fraction of sp³-hybridized carbons (Fsp3) is 0.167. The average Bonchev–Trinajstić information content (AvgIpc) is 2.58. The van der Waals surface area contributed by atoms with E-state index in [9.17, 15) is 0 Å². The second-order valence-corrected chi connectivity index (χ2v) is 4.02. The number of aromatic amines is 1. The molecule has 16 heavy (non-hydrogen) atoms. The maximum Gasteiger partial charge on any atom is 0.156 e. The van der Waals surface area contributed by atoms with E-state index in [0.717, 1.165) is 22.9 Å². The highest BCUT2D eigenvalue weighted by Crippen LogP contribution is 2.05. The Morgan fingerprint density at radius 2 is 2.56 bits per heavy atom. The number of nitrogens with one attached hydrogen (secondary N) is 1. The summed E-state index contributed by atoms with van der Waals surface area (Å²) in [6.07, 6.45) is 11.1. The Hall–Kier alpha value is -1.55. The van der Waals surface area contributed by atoms with Crippen molar-refractivity contribution in [1.82, 2.24) is 9.97 Å². The normalized spacial score (nSPS) is 14.1. The van der Waals surface area contributed by atoms with Crippen LogP contribution in [-0.4, -0.2) is 21.8 Å². The fourth-order valence-corrected chi connectivity index (χ4v) is 1.65. The molecule has 0 bridgehead atoms. The molecule has 1 aliphatic carbocycles. The minimum Gasteiger partial charge on any atom is -0.337 e. The molecular formula is C12H13N3S. The van der Waals surface area contributed by atoms with Gasteiger partial charge in [0.15, 0.2) is 5.82 Å². The van der Waals surface area contributed by atoms with Gasteiger partial charge in [-0.25, -0.2) is 9.98 Å². The van der Waals surface area contributed by atoms with E-state index in [2.05, 4.69) is 33.7 Å². The fourth-order valence-electron chi connectivity index (χ4n) is 1.42. The van der Waals surface area contributed by atoms with Crippen LogP contribution in [0.4, 0.5) is 0 Å². The molecular weight excluding hydrogens is 218 g/mol. The zero-order valence-electron chi connectivity index (χ0n) is 9.10. The maximum atomic E-state index is 4.46. The van der Waals surface area contributed by atoms with Gasteiger partial charge in [-0.1, -0.05) is 24.8 Å². The molecule has 0 amide bonds. The third-order valence-corrected chi connectivity index (χ3v) is 2.51. The van der Waals surface area contributed by atoms with Crippen molar-refractivity contribution in [3.8, 4) is 0 Å². The summed E-state index contributed by atoms with van der Waals surface area (Å²) < 4.78 is 0. The first kappa shape index (κ1) is 11.0. The van der Waals surface area contributed by atoms with Crippen LogP contribution in [0.15, 0.2) is 23.7 Å². The van der Waals surface area contributed by atoms with E-state index in [-0.39, 0.29) is 0 Å². The Balaban J connectivity index is 2.39. The number of nitrogens with zero attached hydrogens (tertiary/aromatic N) is 2. The van der Waals surface area contributed by atoms with Crippen LogP contribution in [-0.2, 0) is 0 Å². The summed E-state index contributed by atoms with van der Waals surface area (Å²) in [7, 11) is 0. The van der Waals surface area contributed by atoms with Gasteiger partial charge in [0.05, 0.1) is 21.9 Å². The molecule has 0 fully saturated rings. The van der Waals surface area contributed by atoms with Gasteiger partial charge in [-0.3, -0.25) is 0 Å². The third kappa shape index (κ3) is 2.33. The second-order valence-electron chi connectivity index (χ2n) is 3.34. The summed E-state index contributed by atoms with van der Waals surface area (Å²) in [5.74, 6) is 0.734. The van der Waals surface area contributed by atoms with E-state index in [1.807, 2.05) is 18.4 Å². The smallest absolute Gasteiger partial charge is 0.156 e. The van der Waals surface area contributed by atoms with Crippen molar-refractivity contribution in [2.75, 3.05) is 6.26 Å². The standard InChI is InChI=1S/C12H13N3S/c1-9(13-8-16-2)12-14-10-6-4-3-5-7-11(10)15-12/h3-4,6-8H,1,5H2,2H3,(H,14,15). The van der Waals surface area contributed by atoms with Gasteiger partial charge in [0.1, 0.15) is 0 Å². The maximum absolute atomic E-state index is 4.46. The van der Waals surface area contributed by atoms with Crippen LogP contribution in [0.5, 0.6) is 0 Å². The number of fused-ring (bicyclic) bond motifs is 1. The van der Waals surface area contributed by atoms with E-state index in [1.165, 1.54) is 0 Å². The summed E-state index contributed by atoms with van der Waals surface area (Å²) >= 11 is 1.54. The van der Waals surface area contributed by atoms with Crippen molar-refractivity contribution < 1.29 is 0 Å². The van der Waals surface area contributed by atoms with Crippen molar-refractivity contribution in [3.63, 3.8) is 0 Å². The quantitative estimate of drug-likeness (QED) is 0.629. The molecule has 0 saturated heterocycles. The van der Waals surface area contributed by atoms with E-state index in [4.69, 9.17) is 0 Å². The van der Waals surface area contributed by atoms with Crippen LogP contribution in [0.2, 0.25) is 0 Å². The Bertz CT molecular complexity index is 564. The number of aliphatic imine (C=N–C) groups is 1. The van der Waals surface area contributed by atoms with Crippen LogP contribution in [0, 0.1) is 0 Å². The zero-order valence-corrected chi connectivity index (χ0v) is 9.92. The van der Waals surface area contributed by atoms with Gasteiger partial charge in [-0.15, -0.1) is 11.8 Å². The van der Waals surface area contributed by atoms with Gasteiger partial charge >= 0.3 is 0 Å². The molecule has 1 aromatic heterocycles. The Kier molecular flexibility index (Phi) is 3.41. The first-order chi connectivity index (χ1) is 7.81. The van der Waals surface area contributed by atoms with Gasteiger partial charge in [0, 0.05) is 0 Å². The number of thioether (sulfide) groups is 1. The molecule has 0 aromatic carbocycles. The molecule has 3 nitrogen and oxygen atoms in total. The number of imidazole rings is 1. The lowest BCUT2D eigenvalue weighted by Gasteiger charge is -1.91. The number of rotatable bonds is 3. The summed E-state index contributed by atoms with van der Waals surface area (Å²) in [5, 5.41) is 1.99. The molecule has 0 saturated carbocycles. The molecule has 1 aliphatic rings. The molecule has 0 radical (unpaired) electrons. The summed E-state index contributed by atoms with van der Waals surface area (Å²) in [4.78, 5) is 11.9. The van der Waals surface area contributed by atoms with Crippen LogP contribution >= 0.6 is 11.8 Å². The number of hydrogen-bond donors (Lipinski definition) is 1. The lowest BCUT2D eigenvalue weighted by Crippen LogP contribution is -2.23. The molecule has 0 spiro atoms. The largest absolute Gasteiger partial charge is 0.337 e. The van der Waals surface area contributed by atoms with Crippen molar-refractivity contribution in [3.05, 3.63) is 35.3 Å². The van der Waals surface area contributed by atoms with Crippen molar-refractivity contribution in [2.45, 2.75) is 6.42 Å². The lowest BCUT2D eigenvalue weighted by molar-refractivity contribution is 1.20. The van der Waals surface area contributed by atoms with Crippen LogP contribution in [0.3, 0.4) is 0 Å². The van der Waals surface area contributed by atoms with E-state index in [0.29, 0.717) is 5.70 Å². The summed E-state index contributed by atoms with van der Waals surface area (Å²) in [6.45, 7) is 3.88.